The van der Waals surface area contributed by atoms with Gasteiger partial charge in [0.25, 0.3) is 0 Å². The van der Waals surface area contributed by atoms with Crippen molar-refractivity contribution in [2.24, 2.45) is 5.41 Å². The first kappa shape index (κ1) is 14.7. The van der Waals surface area contributed by atoms with E-state index in [1.54, 1.807) is 7.11 Å². The lowest BCUT2D eigenvalue weighted by Crippen LogP contribution is -2.32. The fraction of sp³-hybridized carbons (Fsp3) is 0.562. The summed E-state index contributed by atoms with van der Waals surface area (Å²) in [4.78, 5) is 4.48. The van der Waals surface area contributed by atoms with Gasteiger partial charge in [0, 0.05) is 11.6 Å². The van der Waals surface area contributed by atoms with Crippen LogP contribution in [-0.4, -0.2) is 16.7 Å². The molecule has 2 rings (SSSR count). The summed E-state index contributed by atoms with van der Waals surface area (Å²) in [5, 5.41) is 0. The number of hydrogen-bond donors (Lipinski definition) is 1. The van der Waals surface area contributed by atoms with Gasteiger partial charge in [-0.2, -0.15) is 0 Å². The third kappa shape index (κ3) is 2.74. The molecule has 0 radical (unpaired) electrons. The third-order valence-electron chi connectivity index (χ3n) is 3.46. The van der Waals surface area contributed by atoms with Crippen LogP contribution in [0.4, 0.5) is 5.95 Å². The molecule has 1 heterocycles. The number of fused-ring (bicyclic) bond motifs is 1. The molecule has 0 spiro atoms. The Kier molecular flexibility index (Phi) is 3.44. The Morgan fingerprint density at radius 1 is 1.20 bits per heavy atom. The van der Waals surface area contributed by atoms with Gasteiger partial charge in [0.2, 0.25) is 5.95 Å². The van der Waals surface area contributed by atoms with Crippen LogP contribution >= 0.6 is 0 Å². The molecule has 110 valence electrons. The summed E-state index contributed by atoms with van der Waals surface area (Å²) in [6.07, 6.45) is 1.02. The summed E-state index contributed by atoms with van der Waals surface area (Å²) >= 11 is 0. The molecule has 4 heteroatoms. The fourth-order valence-corrected chi connectivity index (χ4v) is 3.22. The van der Waals surface area contributed by atoms with E-state index in [1.807, 2.05) is 18.2 Å². The van der Waals surface area contributed by atoms with Gasteiger partial charge in [-0.15, -0.1) is 0 Å². The Labute approximate surface area is 120 Å². The fourth-order valence-electron chi connectivity index (χ4n) is 3.22. The van der Waals surface area contributed by atoms with Gasteiger partial charge in [-0.05, 0) is 37.8 Å². The number of hydrogen-bond acceptors (Lipinski definition) is 3. The van der Waals surface area contributed by atoms with Crippen LogP contribution in [0.2, 0.25) is 0 Å². The first-order valence-corrected chi connectivity index (χ1v) is 6.96. The summed E-state index contributed by atoms with van der Waals surface area (Å²) in [7, 11) is 1.66. The second-order valence-electron chi connectivity index (χ2n) is 7.21. The van der Waals surface area contributed by atoms with Gasteiger partial charge in [0.05, 0.1) is 18.1 Å². The van der Waals surface area contributed by atoms with Crippen molar-refractivity contribution in [2.45, 2.75) is 46.6 Å². The summed E-state index contributed by atoms with van der Waals surface area (Å²) in [6.45, 7) is 11.1. The van der Waals surface area contributed by atoms with Gasteiger partial charge in [-0.25, -0.2) is 4.98 Å². The van der Waals surface area contributed by atoms with E-state index < -0.39 is 0 Å². The zero-order valence-electron chi connectivity index (χ0n) is 13.3. The molecule has 1 aromatic heterocycles. The standard InChI is InChI=1S/C16H25N3O/c1-15(2,3)10-16(4,5)19-13-8-7-11(20-6)9-12(13)18-14(19)17/h7-9H,10H2,1-6H3,(H2,17,18). The summed E-state index contributed by atoms with van der Waals surface area (Å²) in [6, 6.07) is 5.91. The topological polar surface area (TPSA) is 53.1 Å². The minimum Gasteiger partial charge on any atom is -0.497 e. The van der Waals surface area contributed by atoms with E-state index in [9.17, 15) is 0 Å². The smallest absolute Gasteiger partial charge is 0.201 e. The Balaban J connectivity index is 2.56. The average molecular weight is 275 g/mol. The SMILES string of the molecule is COc1ccc2c(c1)nc(N)n2C(C)(C)CC(C)(C)C. The molecule has 0 atom stereocenters. The van der Waals surface area contributed by atoms with Crippen LogP contribution in [-0.2, 0) is 5.54 Å². The molecule has 0 aliphatic heterocycles. The maximum Gasteiger partial charge on any atom is 0.201 e. The largest absolute Gasteiger partial charge is 0.497 e. The van der Waals surface area contributed by atoms with Crippen LogP contribution in [0, 0.1) is 5.41 Å². The molecular weight excluding hydrogens is 250 g/mol. The van der Waals surface area contributed by atoms with E-state index in [1.165, 1.54) is 0 Å². The van der Waals surface area contributed by atoms with Crippen LogP contribution in [0.25, 0.3) is 11.0 Å². The molecule has 0 aliphatic rings. The number of nitrogens with two attached hydrogens (primary N) is 1. The lowest BCUT2D eigenvalue weighted by atomic mass is 9.81. The van der Waals surface area contributed by atoms with E-state index in [-0.39, 0.29) is 11.0 Å². The molecule has 0 aliphatic carbocycles. The zero-order chi connectivity index (χ0) is 15.1. The van der Waals surface area contributed by atoms with E-state index in [4.69, 9.17) is 10.5 Å². The monoisotopic (exact) mass is 275 g/mol. The van der Waals surface area contributed by atoms with Crippen molar-refractivity contribution in [1.29, 1.82) is 0 Å². The number of benzene rings is 1. The van der Waals surface area contributed by atoms with E-state index in [0.717, 1.165) is 23.2 Å². The highest BCUT2D eigenvalue weighted by Gasteiger charge is 2.30. The quantitative estimate of drug-likeness (QED) is 0.927. The van der Waals surface area contributed by atoms with Gasteiger partial charge < -0.3 is 15.0 Å². The van der Waals surface area contributed by atoms with Crippen LogP contribution < -0.4 is 10.5 Å². The molecule has 0 unspecified atom stereocenters. The Morgan fingerprint density at radius 2 is 1.85 bits per heavy atom. The first-order chi connectivity index (χ1) is 9.14. The van der Waals surface area contributed by atoms with Crippen LogP contribution in [0.3, 0.4) is 0 Å². The molecule has 2 aromatic rings. The number of aromatic nitrogens is 2. The van der Waals surface area contributed by atoms with Crippen molar-refractivity contribution in [1.82, 2.24) is 9.55 Å². The number of nitrogens with zero attached hydrogens (tertiary/aromatic N) is 2. The lowest BCUT2D eigenvalue weighted by molar-refractivity contribution is 0.222. The number of nitrogen functional groups attached to an aromatic ring is 1. The predicted octanol–water partition coefficient (Wildman–Crippen LogP) is 3.80. The normalized spacial score (nSPS) is 12.9. The van der Waals surface area contributed by atoms with Gasteiger partial charge in [-0.1, -0.05) is 20.8 Å². The van der Waals surface area contributed by atoms with Gasteiger partial charge in [0.15, 0.2) is 0 Å². The first-order valence-electron chi connectivity index (χ1n) is 6.96. The van der Waals surface area contributed by atoms with Gasteiger partial charge >= 0.3 is 0 Å². The second kappa shape index (κ2) is 4.69. The number of methoxy groups -OCH3 is 1. The zero-order valence-corrected chi connectivity index (χ0v) is 13.3. The Bertz CT molecular complexity index is 620. The molecule has 1 aromatic carbocycles. The van der Waals surface area contributed by atoms with Gasteiger partial charge in [0.1, 0.15) is 5.75 Å². The molecule has 2 N–H and O–H groups in total. The van der Waals surface area contributed by atoms with E-state index >= 15 is 0 Å². The second-order valence-corrected chi connectivity index (χ2v) is 7.21. The molecule has 0 bridgehead atoms. The van der Waals surface area contributed by atoms with Crippen molar-refractivity contribution >= 4 is 17.0 Å². The highest BCUT2D eigenvalue weighted by atomic mass is 16.5. The lowest BCUT2D eigenvalue weighted by Gasteiger charge is -2.34. The minimum atomic E-state index is -0.0916. The third-order valence-corrected chi connectivity index (χ3v) is 3.46. The molecular formula is C16H25N3O. The predicted molar refractivity (Wildman–Crippen MR) is 84.1 cm³/mol. The van der Waals surface area contributed by atoms with Crippen molar-refractivity contribution in [2.75, 3.05) is 12.8 Å². The molecule has 0 fully saturated rings. The highest BCUT2D eigenvalue weighted by molar-refractivity contribution is 5.80. The Morgan fingerprint density at radius 3 is 2.40 bits per heavy atom. The molecule has 0 amide bonds. The van der Waals surface area contributed by atoms with Crippen molar-refractivity contribution < 1.29 is 4.74 Å². The summed E-state index contributed by atoms with van der Waals surface area (Å²) in [5.74, 6) is 1.36. The molecule has 0 saturated carbocycles. The number of imidazole rings is 1. The van der Waals surface area contributed by atoms with Crippen LogP contribution in [0.15, 0.2) is 18.2 Å². The minimum absolute atomic E-state index is 0.0916. The van der Waals surface area contributed by atoms with Crippen LogP contribution in [0.1, 0.15) is 41.0 Å². The number of anilines is 1. The van der Waals surface area contributed by atoms with Crippen molar-refractivity contribution in [3.05, 3.63) is 18.2 Å². The number of ether oxygens (including phenoxy) is 1. The Hall–Kier alpha value is -1.71. The van der Waals surface area contributed by atoms with Crippen molar-refractivity contribution in [3.8, 4) is 5.75 Å². The highest BCUT2D eigenvalue weighted by Crippen LogP contribution is 2.36. The number of rotatable bonds is 3. The average Bonchev–Trinajstić information content (AvgIpc) is 2.60. The maximum absolute atomic E-state index is 6.16. The molecule has 4 nitrogen and oxygen atoms in total. The maximum atomic E-state index is 6.16. The molecule has 20 heavy (non-hydrogen) atoms. The summed E-state index contributed by atoms with van der Waals surface area (Å²) in [5.41, 5.74) is 8.22. The van der Waals surface area contributed by atoms with Crippen LogP contribution in [0.5, 0.6) is 5.75 Å². The summed E-state index contributed by atoms with van der Waals surface area (Å²) < 4.78 is 7.38. The van der Waals surface area contributed by atoms with E-state index in [2.05, 4.69) is 44.2 Å². The molecule has 0 saturated heterocycles. The van der Waals surface area contributed by atoms with Crippen molar-refractivity contribution in [3.63, 3.8) is 0 Å². The van der Waals surface area contributed by atoms with Gasteiger partial charge in [-0.3, -0.25) is 0 Å². The van der Waals surface area contributed by atoms with E-state index in [0.29, 0.717) is 5.95 Å².